The molecule has 1 rings (SSSR count). The molecule has 0 aromatic heterocycles. The quantitative estimate of drug-likeness (QED) is 0.838. The van der Waals surface area contributed by atoms with Crippen LogP contribution >= 0.6 is 12.4 Å². The minimum Gasteiger partial charge on any atom is -0.497 e. The van der Waals surface area contributed by atoms with E-state index in [2.05, 4.69) is 0 Å². The highest BCUT2D eigenvalue weighted by atomic mass is 35.5. The minimum atomic E-state index is -0.795. The molecule has 0 bridgehead atoms. The van der Waals surface area contributed by atoms with Crippen molar-refractivity contribution in [2.24, 2.45) is 5.73 Å². The number of benzene rings is 1. The maximum atomic E-state index is 13.3. The zero-order valence-corrected chi connectivity index (χ0v) is 9.42. The van der Waals surface area contributed by atoms with E-state index in [-0.39, 0.29) is 18.0 Å². The lowest BCUT2D eigenvalue weighted by atomic mass is 10.0. The summed E-state index contributed by atoms with van der Waals surface area (Å²) in [5.41, 5.74) is 5.88. The molecule has 0 unspecified atom stereocenters. The van der Waals surface area contributed by atoms with Crippen molar-refractivity contribution in [3.63, 3.8) is 0 Å². The van der Waals surface area contributed by atoms with Crippen molar-refractivity contribution in [3.8, 4) is 5.75 Å². The van der Waals surface area contributed by atoms with E-state index in [1.807, 2.05) is 0 Å². The Labute approximate surface area is 94.5 Å². The first-order valence-electron chi connectivity index (χ1n) is 4.33. The number of halogens is 2. The molecule has 3 nitrogen and oxygen atoms in total. The first-order chi connectivity index (χ1) is 6.56. The van der Waals surface area contributed by atoms with Crippen molar-refractivity contribution in [2.75, 3.05) is 7.11 Å². The Bertz CT molecular complexity index is 320. The highest BCUT2D eigenvalue weighted by Crippen LogP contribution is 2.23. The van der Waals surface area contributed by atoms with Crippen molar-refractivity contribution in [1.82, 2.24) is 0 Å². The van der Waals surface area contributed by atoms with Crippen molar-refractivity contribution in [2.45, 2.75) is 19.1 Å². The van der Waals surface area contributed by atoms with E-state index in [1.54, 1.807) is 0 Å². The lowest BCUT2D eigenvalue weighted by Gasteiger charge is -2.16. The van der Waals surface area contributed by atoms with Crippen LogP contribution in [0.3, 0.4) is 0 Å². The molecule has 0 heterocycles. The van der Waals surface area contributed by atoms with Gasteiger partial charge in [0.2, 0.25) is 0 Å². The molecule has 0 fully saturated rings. The fraction of sp³-hybridized carbons (Fsp3) is 0.400. The topological polar surface area (TPSA) is 55.5 Å². The second-order valence-corrected chi connectivity index (χ2v) is 3.15. The van der Waals surface area contributed by atoms with E-state index in [1.165, 1.54) is 32.2 Å². The van der Waals surface area contributed by atoms with Gasteiger partial charge in [0.05, 0.1) is 19.3 Å². The Morgan fingerprint density at radius 2 is 2.07 bits per heavy atom. The molecule has 86 valence electrons. The zero-order chi connectivity index (χ0) is 10.7. The van der Waals surface area contributed by atoms with Gasteiger partial charge in [0.15, 0.2) is 0 Å². The Balaban J connectivity index is 0.00000196. The third kappa shape index (κ3) is 3.34. The summed E-state index contributed by atoms with van der Waals surface area (Å²) in [5, 5.41) is 9.23. The van der Waals surface area contributed by atoms with Crippen LogP contribution < -0.4 is 10.5 Å². The summed E-state index contributed by atoms with van der Waals surface area (Å²) in [4.78, 5) is 0. The predicted octanol–water partition coefficient (Wildman–Crippen LogP) is 1.64. The van der Waals surface area contributed by atoms with Crippen LogP contribution in [-0.2, 0) is 0 Å². The third-order valence-corrected chi connectivity index (χ3v) is 2.08. The van der Waals surface area contributed by atoms with Gasteiger partial charge in [-0.05, 0) is 25.1 Å². The van der Waals surface area contributed by atoms with Gasteiger partial charge in [-0.1, -0.05) is 0 Å². The van der Waals surface area contributed by atoms with E-state index in [0.29, 0.717) is 5.75 Å². The Kier molecular flexibility index (Phi) is 5.57. The zero-order valence-electron chi connectivity index (χ0n) is 8.61. The van der Waals surface area contributed by atoms with Crippen LogP contribution in [0.15, 0.2) is 18.2 Å². The van der Waals surface area contributed by atoms with E-state index in [0.717, 1.165) is 0 Å². The van der Waals surface area contributed by atoms with Gasteiger partial charge in [0.1, 0.15) is 11.6 Å². The molecule has 0 aliphatic carbocycles. The molecule has 5 heteroatoms. The van der Waals surface area contributed by atoms with Gasteiger partial charge in [-0.15, -0.1) is 12.4 Å². The summed E-state index contributed by atoms with van der Waals surface area (Å²) in [6.45, 7) is 1.52. The van der Waals surface area contributed by atoms with E-state index in [9.17, 15) is 9.50 Å². The highest BCUT2D eigenvalue weighted by Gasteiger charge is 2.16. The van der Waals surface area contributed by atoms with Crippen molar-refractivity contribution in [1.29, 1.82) is 0 Å². The number of ether oxygens (including phenoxy) is 1. The van der Waals surface area contributed by atoms with Crippen LogP contribution in [0.25, 0.3) is 0 Å². The number of aliphatic hydroxyl groups excluding tert-OH is 1. The summed E-state index contributed by atoms with van der Waals surface area (Å²) in [6.07, 6.45) is -0.795. The molecule has 0 radical (unpaired) electrons. The predicted molar refractivity (Wildman–Crippen MR) is 58.8 cm³/mol. The molecule has 0 amide bonds. The third-order valence-electron chi connectivity index (χ3n) is 2.08. The van der Waals surface area contributed by atoms with Crippen LogP contribution in [-0.4, -0.2) is 18.3 Å². The largest absolute Gasteiger partial charge is 0.497 e. The van der Waals surface area contributed by atoms with E-state index < -0.39 is 18.0 Å². The van der Waals surface area contributed by atoms with Crippen LogP contribution in [0, 0.1) is 5.82 Å². The number of hydrogen-bond donors (Lipinski definition) is 2. The summed E-state index contributed by atoms with van der Waals surface area (Å²) in [5.74, 6) is 0.0942. The Hall–Kier alpha value is -0.840. The molecule has 0 saturated carbocycles. The van der Waals surface area contributed by atoms with Crippen LogP contribution in [0.1, 0.15) is 18.5 Å². The van der Waals surface area contributed by atoms with Crippen LogP contribution in [0.2, 0.25) is 0 Å². The smallest absolute Gasteiger partial charge is 0.128 e. The van der Waals surface area contributed by atoms with E-state index >= 15 is 0 Å². The first kappa shape index (κ1) is 14.2. The number of aliphatic hydroxyl groups is 1. The maximum absolute atomic E-state index is 13.3. The summed E-state index contributed by atoms with van der Waals surface area (Å²) in [7, 11) is 1.49. The average Bonchev–Trinajstić information content (AvgIpc) is 2.17. The Morgan fingerprint density at radius 1 is 1.47 bits per heavy atom. The molecule has 1 aromatic rings. The molecule has 2 atom stereocenters. The van der Waals surface area contributed by atoms with Crippen LogP contribution in [0.5, 0.6) is 5.75 Å². The molecular weight excluding hydrogens is 221 g/mol. The number of hydrogen-bond acceptors (Lipinski definition) is 3. The number of methoxy groups -OCH3 is 1. The monoisotopic (exact) mass is 235 g/mol. The second kappa shape index (κ2) is 5.90. The normalized spacial score (nSPS) is 13.9. The molecule has 1 aromatic carbocycles. The van der Waals surface area contributed by atoms with Crippen molar-refractivity contribution < 1.29 is 14.2 Å². The number of nitrogens with two attached hydrogens (primary N) is 1. The lowest BCUT2D eigenvalue weighted by Crippen LogP contribution is -2.24. The first-order valence-corrected chi connectivity index (χ1v) is 4.33. The van der Waals surface area contributed by atoms with Gasteiger partial charge >= 0.3 is 0 Å². The standard InChI is InChI=1S/C10H14FNO2.ClH/c1-6(13)10(12)8-5-7(14-2)3-4-9(8)11;/h3-6,10,13H,12H2,1-2H3;1H/t6-,10-;/m0./s1. The summed E-state index contributed by atoms with van der Waals surface area (Å²) >= 11 is 0. The average molecular weight is 236 g/mol. The van der Waals surface area contributed by atoms with Gasteiger partial charge < -0.3 is 15.6 Å². The summed E-state index contributed by atoms with van der Waals surface area (Å²) in [6, 6.07) is 3.54. The van der Waals surface area contributed by atoms with Crippen LogP contribution in [0.4, 0.5) is 4.39 Å². The number of rotatable bonds is 3. The van der Waals surface area contributed by atoms with Crippen molar-refractivity contribution >= 4 is 12.4 Å². The molecule has 0 aliphatic heterocycles. The fourth-order valence-corrected chi connectivity index (χ4v) is 1.16. The molecular formula is C10H15ClFNO2. The highest BCUT2D eigenvalue weighted by molar-refractivity contribution is 5.85. The van der Waals surface area contributed by atoms with Gasteiger partial charge in [-0.3, -0.25) is 0 Å². The maximum Gasteiger partial charge on any atom is 0.128 e. The lowest BCUT2D eigenvalue weighted by molar-refractivity contribution is 0.162. The molecule has 15 heavy (non-hydrogen) atoms. The molecule has 0 saturated heterocycles. The van der Waals surface area contributed by atoms with Gasteiger partial charge in [-0.2, -0.15) is 0 Å². The van der Waals surface area contributed by atoms with Gasteiger partial charge in [-0.25, -0.2) is 4.39 Å². The van der Waals surface area contributed by atoms with Gasteiger partial charge in [0, 0.05) is 5.56 Å². The minimum absolute atomic E-state index is 0. The second-order valence-electron chi connectivity index (χ2n) is 3.15. The van der Waals surface area contributed by atoms with Gasteiger partial charge in [0.25, 0.3) is 0 Å². The SMILES string of the molecule is COc1ccc(F)c([C@@H](N)[C@H](C)O)c1.Cl. The fourth-order valence-electron chi connectivity index (χ4n) is 1.16. The Morgan fingerprint density at radius 3 is 2.53 bits per heavy atom. The molecule has 0 aliphatic rings. The molecule has 0 spiro atoms. The van der Waals surface area contributed by atoms with E-state index in [4.69, 9.17) is 10.5 Å². The van der Waals surface area contributed by atoms with Crippen molar-refractivity contribution in [3.05, 3.63) is 29.6 Å². The summed E-state index contributed by atoms with van der Waals surface area (Å²) < 4.78 is 18.2. The molecule has 3 N–H and O–H groups in total.